The Balaban J connectivity index is 1.72. The number of carbonyl (C=O) groups is 1. The standard InChI is InChI=1S/C18H16N4O2/c23-17(24)15-8-12(9-19-15)16-14(11-6-7-11)10-20-18(22-16)21-13-4-2-1-3-5-13/h1-5,8-11,19H,6-7H2,(H,23,24)(H,20,21,22). The summed E-state index contributed by atoms with van der Waals surface area (Å²) in [5.41, 5.74) is 3.69. The van der Waals surface area contributed by atoms with Gasteiger partial charge in [0, 0.05) is 29.2 Å². The molecular weight excluding hydrogens is 304 g/mol. The fourth-order valence-corrected chi connectivity index (χ4v) is 2.68. The van der Waals surface area contributed by atoms with Gasteiger partial charge in [0.2, 0.25) is 5.95 Å². The molecule has 1 aliphatic carbocycles. The minimum absolute atomic E-state index is 0.155. The molecule has 6 heteroatoms. The zero-order valence-corrected chi connectivity index (χ0v) is 12.9. The lowest BCUT2D eigenvalue weighted by Crippen LogP contribution is -2.01. The lowest BCUT2D eigenvalue weighted by molar-refractivity contribution is 0.0691. The van der Waals surface area contributed by atoms with E-state index in [2.05, 4.69) is 20.3 Å². The molecule has 1 saturated carbocycles. The molecule has 6 nitrogen and oxygen atoms in total. The molecule has 1 fully saturated rings. The molecule has 0 radical (unpaired) electrons. The van der Waals surface area contributed by atoms with Gasteiger partial charge in [-0.25, -0.2) is 14.8 Å². The first-order valence-corrected chi connectivity index (χ1v) is 7.82. The number of carboxylic acid groups (broad SMARTS) is 1. The fourth-order valence-electron chi connectivity index (χ4n) is 2.68. The predicted molar refractivity (Wildman–Crippen MR) is 90.5 cm³/mol. The van der Waals surface area contributed by atoms with Crippen molar-refractivity contribution in [2.75, 3.05) is 5.32 Å². The number of aromatic amines is 1. The second-order valence-corrected chi connectivity index (χ2v) is 5.87. The van der Waals surface area contributed by atoms with Gasteiger partial charge in [-0.05, 0) is 37.0 Å². The molecule has 0 aliphatic heterocycles. The minimum atomic E-state index is -0.981. The molecule has 0 bridgehead atoms. The first kappa shape index (κ1) is 14.4. The number of nitrogens with one attached hydrogen (secondary N) is 2. The van der Waals surface area contributed by atoms with Crippen LogP contribution in [0.2, 0.25) is 0 Å². The third-order valence-electron chi connectivity index (χ3n) is 4.05. The largest absolute Gasteiger partial charge is 0.477 e. The van der Waals surface area contributed by atoms with Crippen molar-refractivity contribution in [2.24, 2.45) is 0 Å². The van der Waals surface area contributed by atoms with Gasteiger partial charge in [0.25, 0.3) is 0 Å². The molecule has 0 amide bonds. The van der Waals surface area contributed by atoms with Gasteiger partial charge in [-0.1, -0.05) is 18.2 Å². The summed E-state index contributed by atoms with van der Waals surface area (Å²) in [6, 6.07) is 11.3. The average molecular weight is 320 g/mol. The Morgan fingerprint density at radius 2 is 2.04 bits per heavy atom. The van der Waals surface area contributed by atoms with Gasteiger partial charge in [-0.15, -0.1) is 0 Å². The number of hydrogen-bond donors (Lipinski definition) is 3. The zero-order valence-electron chi connectivity index (χ0n) is 12.9. The molecule has 24 heavy (non-hydrogen) atoms. The number of benzene rings is 1. The van der Waals surface area contributed by atoms with E-state index in [1.165, 1.54) is 0 Å². The van der Waals surface area contributed by atoms with Crippen LogP contribution in [0.25, 0.3) is 11.3 Å². The summed E-state index contributed by atoms with van der Waals surface area (Å²) in [6.07, 6.45) is 5.78. The van der Waals surface area contributed by atoms with E-state index in [0.717, 1.165) is 35.3 Å². The highest BCUT2D eigenvalue weighted by atomic mass is 16.4. The number of hydrogen-bond acceptors (Lipinski definition) is 4. The lowest BCUT2D eigenvalue weighted by Gasteiger charge is -2.10. The van der Waals surface area contributed by atoms with Crippen LogP contribution in [-0.4, -0.2) is 26.0 Å². The van der Waals surface area contributed by atoms with E-state index in [9.17, 15) is 4.79 Å². The highest BCUT2D eigenvalue weighted by Crippen LogP contribution is 2.43. The molecule has 4 rings (SSSR count). The Bertz CT molecular complexity index is 885. The number of anilines is 2. The Morgan fingerprint density at radius 3 is 2.71 bits per heavy atom. The number of H-pyrrole nitrogens is 1. The molecule has 1 aromatic carbocycles. The minimum Gasteiger partial charge on any atom is -0.477 e. The Labute approximate surface area is 138 Å². The molecule has 1 aliphatic rings. The summed E-state index contributed by atoms with van der Waals surface area (Å²) in [4.78, 5) is 22.9. The summed E-state index contributed by atoms with van der Waals surface area (Å²) >= 11 is 0. The van der Waals surface area contributed by atoms with Gasteiger partial charge in [0.1, 0.15) is 5.69 Å². The van der Waals surface area contributed by atoms with E-state index in [-0.39, 0.29) is 5.69 Å². The first-order chi connectivity index (χ1) is 11.7. The topological polar surface area (TPSA) is 90.9 Å². The highest BCUT2D eigenvalue weighted by molar-refractivity contribution is 5.87. The number of carboxylic acids is 1. The second kappa shape index (κ2) is 5.81. The second-order valence-electron chi connectivity index (χ2n) is 5.87. The molecule has 0 spiro atoms. The molecule has 3 N–H and O–H groups in total. The molecule has 0 atom stereocenters. The normalized spacial score (nSPS) is 13.7. The number of para-hydroxylation sites is 1. The van der Waals surface area contributed by atoms with Crippen LogP contribution in [-0.2, 0) is 0 Å². The van der Waals surface area contributed by atoms with E-state index in [1.54, 1.807) is 12.3 Å². The van der Waals surface area contributed by atoms with Gasteiger partial charge in [0.05, 0.1) is 5.69 Å². The monoisotopic (exact) mass is 320 g/mol. The van der Waals surface area contributed by atoms with Crippen LogP contribution in [0.5, 0.6) is 0 Å². The molecule has 0 saturated heterocycles. The summed E-state index contributed by atoms with van der Waals surface area (Å²) < 4.78 is 0. The summed E-state index contributed by atoms with van der Waals surface area (Å²) in [6.45, 7) is 0. The number of aromatic nitrogens is 3. The van der Waals surface area contributed by atoms with Gasteiger partial charge in [-0.3, -0.25) is 0 Å². The van der Waals surface area contributed by atoms with Crippen LogP contribution >= 0.6 is 0 Å². The van der Waals surface area contributed by atoms with E-state index in [0.29, 0.717) is 11.9 Å². The molecule has 0 unspecified atom stereocenters. The Morgan fingerprint density at radius 1 is 1.25 bits per heavy atom. The van der Waals surface area contributed by atoms with Crippen LogP contribution in [0.4, 0.5) is 11.6 Å². The maximum Gasteiger partial charge on any atom is 0.352 e. The number of rotatable bonds is 5. The number of nitrogens with zero attached hydrogens (tertiary/aromatic N) is 2. The molecule has 2 aromatic heterocycles. The maximum absolute atomic E-state index is 11.1. The third kappa shape index (κ3) is 2.86. The van der Waals surface area contributed by atoms with Crippen molar-refractivity contribution in [3.63, 3.8) is 0 Å². The first-order valence-electron chi connectivity index (χ1n) is 7.82. The van der Waals surface area contributed by atoms with E-state index < -0.39 is 5.97 Å². The predicted octanol–water partition coefficient (Wildman–Crippen LogP) is 3.79. The van der Waals surface area contributed by atoms with Crippen LogP contribution < -0.4 is 5.32 Å². The summed E-state index contributed by atoms with van der Waals surface area (Å²) in [5.74, 6) is -0.0152. The van der Waals surface area contributed by atoms with E-state index in [4.69, 9.17) is 5.11 Å². The summed E-state index contributed by atoms with van der Waals surface area (Å²) in [5, 5.41) is 12.3. The molecule has 120 valence electrons. The van der Waals surface area contributed by atoms with Gasteiger partial charge < -0.3 is 15.4 Å². The zero-order chi connectivity index (χ0) is 16.5. The SMILES string of the molecule is O=C(O)c1cc(-c2nc(Nc3ccccc3)ncc2C2CC2)c[nH]1. The van der Waals surface area contributed by atoms with Gasteiger partial charge in [0.15, 0.2) is 0 Å². The lowest BCUT2D eigenvalue weighted by atomic mass is 10.1. The Kier molecular flexibility index (Phi) is 3.49. The van der Waals surface area contributed by atoms with Crippen LogP contribution in [0, 0.1) is 0 Å². The molecule has 2 heterocycles. The van der Waals surface area contributed by atoms with Crippen molar-refractivity contribution >= 4 is 17.6 Å². The van der Waals surface area contributed by atoms with E-state index >= 15 is 0 Å². The van der Waals surface area contributed by atoms with Crippen LogP contribution in [0.15, 0.2) is 48.8 Å². The van der Waals surface area contributed by atoms with Crippen molar-refractivity contribution in [3.8, 4) is 11.3 Å². The smallest absolute Gasteiger partial charge is 0.352 e. The number of aromatic carboxylic acids is 1. The van der Waals surface area contributed by atoms with Gasteiger partial charge >= 0.3 is 5.97 Å². The Hall–Kier alpha value is -3.15. The van der Waals surface area contributed by atoms with Crippen molar-refractivity contribution in [1.82, 2.24) is 15.0 Å². The van der Waals surface area contributed by atoms with Crippen molar-refractivity contribution in [2.45, 2.75) is 18.8 Å². The van der Waals surface area contributed by atoms with Gasteiger partial charge in [-0.2, -0.15) is 0 Å². The summed E-state index contributed by atoms with van der Waals surface area (Å²) in [7, 11) is 0. The van der Waals surface area contributed by atoms with E-state index in [1.807, 2.05) is 36.5 Å². The van der Waals surface area contributed by atoms with Crippen molar-refractivity contribution < 1.29 is 9.90 Å². The molecular formula is C18H16N4O2. The molecule has 3 aromatic rings. The van der Waals surface area contributed by atoms with Crippen molar-refractivity contribution in [3.05, 3.63) is 60.0 Å². The van der Waals surface area contributed by atoms with Crippen LogP contribution in [0.3, 0.4) is 0 Å². The average Bonchev–Trinajstić information content (AvgIpc) is 3.31. The van der Waals surface area contributed by atoms with Crippen LogP contribution in [0.1, 0.15) is 34.8 Å². The quantitative estimate of drug-likeness (QED) is 0.665. The van der Waals surface area contributed by atoms with Crippen molar-refractivity contribution in [1.29, 1.82) is 0 Å². The third-order valence-corrected chi connectivity index (χ3v) is 4.05. The maximum atomic E-state index is 11.1. The fraction of sp³-hybridized carbons (Fsp3) is 0.167. The highest BCUT2D eigenvalue weighted by Gasteiger charge is 2.28.